The predicted octanol–water partition coefficient (Wildman–Crippen LogP) is 2.73. The molecule has 5 rings (SSSR count). The topological polar surface area (TPSA) is 21.3 Å². The smallest absolute Gasteiger partial charge is 0.126 e. The highest BCUT2D eigenvalue weighted by Crippen LogP contribution is 2.60. The van der Waals surface area contributed by atoms with Crippen LogP contribution < -0.4 is 10.1 Å². The van der Waals surface area contributed by atoms with Crippen LogP contribution in [0.3, 0.4) is 0 Å². The zero-order chi connectivity index (χ0) is 13.5. The van der Waals surface area contributed by atoms with Crippen molar-refractivity contribution in [2.24, 2.45) is 11.8 Å². The summed E-state index contributed by atoms with van der Waals surface area (Å²) in [5, 5.41) is 3.75. The van der Waals surface area contributed by atoms with Gasteiger partial charge in [-0.05, 0) is 37.4 Å². The molecule has 0 aromatic heterocycles. The summed E-state index contributed by atoms with van der Waals surface area (Å²) < 4.78 is 6.54. The Bertz CT molecular complexity index is 635. The van der Waals surface area contributed by atoms with Crippen molar-refractivity contribution in [2.45, 2.75) is 44.2 Å². The predicted molar refractivity (Wildman–Crippen MR) is 79.2 cm³/mol. The van der Waals surface area contributed by atoms with Crippen LogP contribution in [0.2, 0.25) is 0 Å². The normalized spacial score (nSPS) is 43.1. The molecule has 2 heteroatoms. The number of piperidine rings is 1. The Kier molecular flexibility index (Phi) is 1.98. The second-order valence-corrected chi connectivity index (χ2v) is 7.11. The highest BCUT2D eigenvalue weighted by atomic mass is 16.5. The van der Waals surface area contributed by atoms with Gasteiger partial charge < -0.3 is 10.1 Å². The highest BCUT2D eigenvalue weighted by Gasteiger charge is 2.62. The van der Waals surface area contributed by atoms with Crippen LogP contribution >= 0.6 is 0 Å². The molecule has 0 radical (unpaired) electrons. The van der Waals surface area contributed by atoms with E-state index in [0.29, 0.717) is 24.0 Å². The maximum Gasteiger partial charge on any atom is 0.126 e. The lowest BCUT2D eigenvalue weighted by molar-refractivity contribution is 0.0308. The summed E-state index contributed by atoms with van der Waals surface area (Å²) in [6.07, 6.45) is 7.60. The first kappa shape index (κ1) is 11.4. The van der Waals surface area contributed by atoms with Gasteiger partial charge in [0.15, 0.2) is 0 Å². The maximum absolute atomic E-state index is 6.54. The molecule has 2 nitrogen and oxygen atoms in total. The fraction of sp³-hybridized carbons (Fsp3) is 0.556. The van der Waals surface area contributed by atoms with Gasteiger partial charge in [0, 0.05) is 28.9 Å². The standard InChI is InChI=1S/C18H21NO/c1-10-3-5-12-9-14-13-6-4-11(2)17-18(13,7-8-19-14)15(12)16(10)20-17/h3-6,11,13-14,17,19H,7-9H2,1-2H3/t11-,13?,14?,17-,18-/m0/s1. The summed E-state index contributed by atoms with van der Waals surface area (Å²) in [7, 11) is 0. The Labute approximate surface area is 120 Å². The molecule has 1 saturated heterocycles. The van der Waals surface area contributed by atoms with Crippen LogP contribution in [-0.4, -0.2) is 18.7 Å². The van der Waals surface area contributed by atoms with Gasteiger partial charge in [-0.3, -0.25) is 0 Å². The van der Waals surface area contributed by atoms with Crippen molar-refractivity contribution in [3.8, 4) is 5.75 Å². The molecule has 1 aromatic carbocycles. The lowest BCUT2D eigenvalue weighted by atomic mass is 9.52. The Balaban J connectivity index is 1.86. The van der Waals surface area contributed by atoms with Gasteiger partial charge in [-0.15, -0.1) is 0 Å². The van der Waals surface area contributed by atoms with Gasteiger partial charge in [0.2, 0.25) is 0 Å². The third kappa shape index (κ3) is 1.08. The monoisotopic (exact) mass is 267 g/mol. The number of benzene rings is 1. The molecular formula is C18H21NO. The third-order valence-corrected chi connectivity index (χ3v) is 6.17. The fourth-order valence-corrected chi connectivity index (χ4v) is 5.39. The van der Waals surface area contributed by atoms with E-state index in [4.69, 9.17) is 4.74 Å². The van der Waals surface area contributed by atoms with E-state index >= 15 is 0 Å². The van der Waals surface area contributed by atoms with Crippen LogP contribution in [0.15, 0.2) is 24.3 Å². The Morgan fingerprint density at radius 3 is 3.10 bits per heavy atom. The molecule has 0 amide bonds. The summed E-state index contributed by atoms with van der Waals surface area (Å²) in [6, 6.07) is 5.19. The molecular weight excluding hydrogens is 246 g/mol. The van der Waals surface area contributed by atoms with Crippen molar-refractivity contribution in [3.63, 3.8) is 0 Å². The second-order valence-electron chi connectivity index (χ2n) is 7.11. The summed E-state index contributed by atoms with van der Waals surface area (Å²) in [6.45, 7) is 5.65. The van der Waals surface area contributed by atoms with Gasteiger partial charge in [0.1, 0.15) is 11.9 Å². The Morgan fingerprint density at radius 1 is 1.30 bits per heavy atom. The van der Waals surface area contributed by atoms with E-state index in [1.165, 1.54) is 23.3 Å². The third-order valence-electron chi connectivity index (χ3n) is 6.17. The molecule has 2 unspecified atom stereocenters. The minimum absolute atomic E-state index is 0.249. The number of hydrogen-bond acceptors (Lipinski definition) is 2. The molecule has 1 spiro atoms. The van der Waals surface area contributed by atoms with E-state index in [2.05, 4.69) is 43.4 Å². The first-order valence-corrected chi connectivity index (χ1v) is 7.93. The first-order chi connectivity index (χ1) is 9.72. The van der Waals surface area contributed by atoms with Crippen molar-refractivity contribution >= 4 is 0 Å². The van der Waals surface area contributed by atoms with E-state index in [0.717, 1.165) is 13.0 Å². The van der Waals surface area contributed by atoms with Crippen molar-refractivity contribution in [2.75, 3.05) is 6.54 Å². The second kappa shape index (κ2) is 3.48. The minimum atomic E-state index is 0.249. The average molecular weight is 267 g/mol. The van der Waals surface area contributed by atoms with Crippen LogP contribution in [-0.2, 0) is 11.8 Å². The molecule has 1 aromatic rings. The van der Waals surface area contributed by atoms with E-state index in [1.54, 1.807) is 5.56 Å². The van der Waals surface area contributed by atoms with Crippen LogP contribution in [0.25, 0.3) is 0 Å². The molecule has 1 N–H and O–H groups in total. The number of ether oxygens (including phenoxy) is 1. The lowest BCUT2D eigenvalue weighted by Crippen LogP contribution is -2.63. The van der Waals surface area contributed by atoms with Gasteiger partial charge in [-0.25, -0.2) is 0 Å². The zero-order valence-electron chi connectivity index (χ0n) is 12.1. The average Bonchev–Trinajstić information content (AvgIpc) is 2.78. The fourth-order valence-electron chi connectivity index (χ4n) is 5.39. The first-order valence-electron chi connectivity index (χ1n) is 7.93. The van der Waals surface area contributed by atoms with Crippen LogP contribution in [0.1, 0.15) is 30.0 Å². The highest BCUT2D eigenvalue weighted by molar-refractivity contribution is 5.59. The van der Waals surface area contributed by atoms with E-state index in [-0.39, 0.29) is 5.41 Å². The lowest BCUT2D eigenvalue weighted by Gasteiger charge is -2.54. The number of nitrogens with one attached hydrogen (secondary N) is 1. The van der Waals surface area contributed by atoms with E-state index in [1.807, 2.05) is 0 Å². The Hall–Kier alpha value is -1.28. The van der Waals surface area contributed by atoms with E-state index < -0.39 is 0 Å². The number of rotatable bonds is 0. The summed E-state index contributed by atoms with van der Waals surface area (Å²) in [5.41, 5.74) is 4.67. The molecule has 2 aliphatic heterocycles. The van der Waals surface area contributed by atoms with Crippen molar-refractivity contribution in [1.29, 1.82) is 0 Å². The SMILES string of the molecule is Cc1ccc2c3c1O[C@H]1[C@@H](C)C=CC4C(C2)NCC[C@@]341. The van der Waals surface area contributed by atoms with Crippen LogP contribution in [0.4, 0.5) is 0 Å². The minimum Gasteiger partial charge on any atom is -0.488 e. The maximum atomic E-state index is 6.54. The van der Waals surface area contributed by atoms with Crippen molar-refractivity contribution < 1.29 is 4.74 Å². The van der Waals surface area contributed by atoms with Gasteiger partial charge >= 0.3 is 0 Å². The number of aryl methyl sites for hydroxylation is 1. The van der Waals surface area contributed by atoms with Gasteiger partial charge in [0.05, 0.1) is 0 Å². The summed E-state index contributed by atoms with van der Waals surface area (Å²) in [5.74, 6) is 2.35. The quantitative estimate of drug-likeness (QED) is 0.730. The molecule has 5 atom stereocenters. The van der Waals surface area contributed by atoms with Gasteiger partial charge in [-0.1, -0.05) is 31.2 Å². The molecule has 0 saturated carbocycles. The van der Waals surface area contributed by atoms with Gasteiger partial charge in [-0.2, -0.15) is 0 Å². The molecule has 104 valence electrons. The van der Waals surface area contributed by atoms with Crippen LogP contribution in [0, 0.1) is 18.8 Å². The zero-order valence-corrected chi connectivity index (χ0v) is 12.1. The number of hydrogen-bond donors (Lipinski definition) is 1. The largest absolute Gasteiger partial charge is 0.488 e. The summed E-state index contributed by atoms with van der Waals surface area (Å²) >= 11 is 0. The summed E-state index contributed by atoms with van der Waals surface area (Å²) in [4.78, 5) is 0. The molecule has 20 heavy (non-hydrogen) atoms. The van der Waals surface area contributed by atoms with Crippen LogP contribution in [0.5, 0.6) is 5.75 Å². The molecule has 2 heterocycles. The molecule has 4 aliphatic rings. The molecule has 1 fully saturated rings. The molecule has 2 bridgehead atoms. The van der Waals surface area contributed by atoms with E-state index in [9.17, 15) is 0 Å². The van der Waals surface area contributed by atoms with Crippen molar-refractivity contribution in [3.05, 3.63) is 41.0 Å². The molecule has 2 aliphatic carbocycles. The van der Waals surface area contributed by atoms with Crippen molar-refractivity contribution in [1.82, 2.24) is 5.32 Å². The van der Waals surface area contributed by atoms with Gasteiger partial charge in [0.25, 0.3) is 0 Å². The Morgan fingerprint density at radius 2 is 2.20 bits per heavy atom.